The Hall–Kier alpha value is -1.91. The fourth-order valence-electron chi connectivity index (χ4n) is 1.50. The molecule has 0 aliphatic carbocycles. The number of benzene rings is 1. The molecule has 1 atom stereocenters. The van der Waals surface area contributed by atoms with Crippen molar-refractivity contribution in [1.29, 1.82) is 0 Å². The molecule has 4 nitrogen and oxygen atoms in total. The van der Waals surface area contributed by atoms with E-state index in [1.54, 1.807) is 6.92 Å². The lowest BCUT2D eigenvalue weighted by Gasteiger charge is -2.13. The molecule has 0 aliphatic rings. The maximum atomic E-state index is 12.7. The van der Waals surface area contributed by atoms with Gasteiger partial charge in [0.05, 0.1) is 13.7 Å². The van der Waals surface area contributed by atoms with E-state index in [-0.39, 0.29) is 18.8 Å². The smallest absolute Gasteiger partial charge is 0.320 e. The van der Waals surface area contributed by atoms with Gasteiger partial charge in [0, 0.05) is 0 Å². The lowest BCUT2D eigenvalue weighted by atomic mass is 9.99. The van der Waals surface area contributed by atoms with Gasteiger partial charge in [-0.2, -0.15) is 0 Å². The number of carbonyl (C=O) groups excluding carboxylic acids is 2. The molecule has 0 saturated heterocycles. The number of hydrogen-bond donors (Lipinski definition) is 0. The monoisotopic (exact) mass is 254 g/mol. The second-order valence-electron chi connectivity index (χ2n) is 3.66. The zero-order valence-electron chi connectivity index (χ0n) is 10.3. The predicted molar refractivity (Wildman–Crippen MR) is 62.2 cm³/mol. The van der Waals surface area contributed by atoms with Crippen molar-refractivity contribution < 1.29 is 23.5 Å². The molecule has 98 valence electrons. The van der Waals surface area contributed by atoms with Crippen LogP contribution in [0.5, 0.6) is 0 Å². The van der Waals surface area contributed by atoms with Crippen molar-refractivity contribution in [3.8, 4) is 0 Å². The molecule has 0 aromatic heterocycles. The van der Waals surface area contributed by atoms with E-state index >= 15 is 0 Å². The minimum atomic E-state index is -1.01. The maximum absolute atomic E-state index is 12.7. The van der Waals surface area contributed by atoms with Crippen LogP contribution in [-0.2, 0) is 25.5 Å². The Balaban J connectivity index is 2.81. The number of esters is 2. The van der Waals surface area contributed by atoms with Gasteiger partial charge in [-0.25, -0.2) is 4.39 Å². The summed E-state index contributed by atoms with van der Waals surface area (Å²) in [7, 11) is 1.21. The highest BCUT2D eigenvalue weighted by atomic mass is 19.1. The van der Waals surface area contributed by atoms with Gasteiger partial charge in [0.1, 0.15) is 5.82 Å². The second-order valence-corrected chi connectivity index (χ2v) is 3.66. The van der Waals surface area contributed by atoms with Gasteiger partial charge in [0.25, 0.3) is 0 Å². The third kappa shape index (κ3) is 3.84. The van der Waals surface area contributed by atoms with Crippen molar-refractivity contribution in [3.63, 3.8) is 0 Å². The number of carbonyl (C=O) groups is 2. The van der Waals surface area contributed by atoms with E-state index in [0.717, 1.165) is 0 Å². The molecule has 1 rings (SSSR count). The zero-order valence-corrected chi connectivity index (χ0v) is 10.3. The zero-order chi connectivity index (χ0) is 13.5. The first-order valence-corrected chi connectivity index (χ1v) is 5.57. The summed E-state index contributed by atoms with van der Waals surface area (Å²) < 4.78 is 22.1. The molecule has 0 N–H and O–H groups in total. The van der Waals surface area contributed by atoms with E-state index in [4.69, 9.17) is 4.74 Å². The van der Waals surface area contributed by atoms with Crippen molar-refractivity contribution in [3.05, 3.63) is 35.6 Å². The van der Waals surface area contributed by atoms with Crippen LogP contribution in [0.15, 0.2) is 24.3 Å². The molecule has 0 radical (unpaired) electrons. The highest BCUT2D eigenvalue weighted by Gasteiger charge is 2.29. The summed E-state index contributed by atoms with van der Waals surface area (Å²) in [5.41, 5.74) is 0.667. The topological polar surface area (TPSA) is 52.6 Å². The van der Waals surface area contributed by atoms with Crippen molar-refractivity contribution >= 4 is 11.9 Å². The van der Waals surface area contributed by atoms with E-state index in [2.05, 4.69) is 4.74 Å². The molecular formula is C13H15FO4. The van der Waals surface area contributed by atoms with Gasteiger partial charge in [-0.05, 0) is 31.0 Å². The third-order valence-electron chi connectivity index (χ3n) is 2.41. The molecule has 0 bridgehead atoms. The van der Waals surface area contributed by atoms with Gasteiger partial charge in [-0.3, -0.25) is 9.59 Å². The molecule has 1 aromatic carbocycles. The molecule has 5 heteroatoms. The van der Waals surface area contributed by atoms with E-state index in [9.17, 15) is 14.0 Å². The standard InChI is InChI=1S/C13H15FO4/c1-3-18-13(16)11(12(15)17-2)8-9-4-6-10(14)7-5-9/h4-7,11H,3,8H2,1-2H3. The normalized spacial score (nSPS) is 11.7. The number of rotatable bonds is 5. The first-order valence-electron chi connectivity index (χ1n) is 5.57. The first kappa shape index (κ1) is 14.2. The van der Waals surface area contributed by atoms with Crippen LogP contribution in [0.1, 0.15) is 12.5 Å². The molecule has 0 spiro atoms. The van der Waals surface area contributed by atoms with Crippen LogP contribution in [0.3, 0.4) is 0 Å². The molecule has 0 fully saturated rings. The summed E-state index contributed by atoms with van der Waals surface area (Å²) in [6.45, 7) is 1.85. The van der Waals surface area contributed by atoms with Crippen LogP contribution in [0.2, 0.25) is 0 Å². The highest BCUT2D eigenvalue weighted by molar-refractivity contribution is 5.95. The molecule has 0 heterocycles. The summed E-state index contributed by atoms with van der Waals surface area (Å²) in [5.74, 6) is -2.67. The minimum Gasteiger partial charge on any atom is -0.468 e. The number of ether oxygens (including phenoxy) is 2. The lowest BCUT2D eigenvalue weighted by Crippen LogP contribution is -2.29. The fourth-order valence-corrected chi connectivity index (χ4v) is 1.50. The summed E-state index contributed by atoms with van der Waals surface area (Å²) in [5, 5.41) is 0. The van der Waals surface area contributed by atoms with Gasteiger partial charge in [-0.1, -0.05) is 12.1 Å². The van der Waals surface area contributed by atoms with E-state index in [1.165, 1.54) is 31.4 Å². The Bertz CT molecular complexity index is 414. The maximum Gasteiger partial charge on any atom is 0.320 e. The summed E-state index contributed by atoms with van der Waals surface area (Å²) in [6, 6.07) is 5.58. The quantitative estimate of drug-likeness (QED) is 0.593. The largest absolute Gasteiger partial charge is 0.468 e. The van der Waals surface area contributed by atoms with Crippen LogP contribution < -0.4 is 0 Å². The van der Waals surface area contributed by atoms with Crippen LogP contribution in [-0.4, -0.2) is 25.7 Å². The molecule has 0 aliphatic heterocycles. The highest BCUT2D eigenvalue weighted by Crippen LogP contribution is 2.13. The van der Waals surface area contributed by atoms with Crippen LogP contribution in [0.25, 0.3) is 0 Å². The van der Waals surface area contributed by atoms with Crippen molar-refractivity contribution in [1.82, 2.24) is 0 Å². The van der Waals surface area contributed by atoms with E-state index < -0.39 is 17.9 Å². The van der Waals surface area contributed by atoms with Gasteiger partial charge in [0.2, 0.25) is 0 Å². The van der Waals surface area contributed by atoms with Gasteiger partial charge in [0.15, 0.2) is 5.92 Å². The molecule has 0 saturated carbocycles. The number of hydrogen-bond acceptors (Lipinski definition) is 4. The SMILES string of the molecule is CCOC(=O)C(Cc1ccc(F)cc1)C(=O)OC. The Morgan fingerprint density at radius 2 is 1.83 bits per heavy atom. The molecule has 0 amide bonds. The fraction of sp³-hybridized carbons (Fsp3) is 0.385. The lowest BCUT2D eigenvalue weighted by molar-refractivity contribution is -0.160. The van der Waals surface area contributed by atoms with Crippen LogP contribution in [0.4, 0.5) is 4.39 Å². The minimum absolute atomic E-state index is 0.131. The van der Waals surface area contributed by atoms with Crippen molar-refractivity contribution in [2.75, 3.05) is 13.7 Å². The summed E-state index contributed by atoms with van der Waals surface area (Å²) >= 11 is 0. The Labute approximate surface area is 105 Å². The van der Waals surface area contributed by atoms with Gasteiger partial charge < -0.3 is 9.47 Å². The van der Waals surface area contributed by atoms with Crippen LogP contribution >= 0.6 is 0 Å². The summed E-state index contributed by atoms with van der Waals surface area (Å²) in [4.78, 5) is 23.1. The van der Waals surface area contributed by atoms with E-state index in [0.29, 0.717) is 5.56 Å². The molecule has 18 heavy (non-hydrogen) atoms. The second kappa shape index (κ2) is 6.74. The average Bonchev–Trinajstić information content (AvgIpc) is 2.37. The van der Waals surface area contributed by atoms with Crippen molar-refractivity contribution in [2.24, 2.45) is 5.92 Å². The van der Waals surface area contributed by atoms with Crippen molar-refractivity contribution in [2.45, 2.75) is 13.3 Å². The van der Waals surface area contributed by atoms with Gasteiger partial charge in [-0.15, -0.1) is 0 Å². The van der Waals surface area contributed by atoms with E-state index in [1.807, 2.05) is 0 Å². The number of methoxy groups -OCH3 is 1. The number of halogens is 1. The predicted octanol–water partition coefficient (Wildman–Crippen LogP) is 1.72. The molecule has 1 aromatic rings. The first-order chi connectivity index (χ1) is 8.58. The Morgan fingerprint density at radius 3 is 2.33 bits per heavy atom. The molecule has 1 unspecified atom stereocenters. The summed E-state index contributed by atoms with van der Waals surface area (Å²) in [6.07, 6.45) is 0.131. The van der Waals surface area contributed by atoms with Gasteiger partial charge >= 0.3 is 11.9 Å². The Kier molecular flexibility index (Phi) is 5.30. The third-order valence-corrected chi connectivity index (χ3v) is 2.41. The Morgan fingerprint density at radius 1 is 1.22 bits per heavy atom. The molecular weight excluding hydrogens is 239 g/mol. The average molecular weight is 254 g/mol. The van der Waals surface area contributed by atoms with Crippen LogP contribution in [0, 0.1) is 11.7 Å².